The summed E-state index contributed by atoms with van der Waals surface area (Å²) in [6.07, 6.45) is 0.584. The zero-order valence-electron chi connectivity index (χ0n) is 18.6. The fourth-order valence-corrected chi connectivity index (χ4v) is 4.78. The summed E-state index contributed by atoms with van der Waals surface area (Å²) in [5.41, 5.74) is 4.09. The Morgan fingerprint density at radius 3 is 2.58 bits per heavy atom. The lowest BCUT2D eigenvalue weighted by Crippen LogP contribution is -2.21. The molecule has 4 rings (SSSR count). The smallest absolute Gasteiger partial charge is 0.339 e. The van der Waals surface area contributed by atoms with Crippen LogP contribution in [0.1, 0.15) is 64.2 Å². The van der Waals surface area contributed by atoms with Gasteiger partial charge in [0.2, 0.25) is 0 Å². The topological polar surface area (TPSA) is 64.3 Å². The van der Waals surface area contributed by atoms with Crippen LogP contribution in [0.5, 0.6) is 0 Å². The van der Waals surface area contributed by atoms with Gasteiger partial charge in [0.05, 0.1) is 5.56 Å². The first kappa shape index (κ1) is 23.3. The van der Waals surface area contributed by atoms with Gasteiger partial charge in [-0.25, -0.2) is 9.18 Å². The van der Waals surface area contributed by atoms with E-state index in [1.165, 1.54) is 13.0 Å². The molecule has 3 aromatic rings. The SMILES string of the molecule is CC(=O)Cc1cccc(C2=C(C)CC(=O)c3c2oc(=O)c(C)c3Cc2ccc(I)cc2F)c1. The lowest BCUT2D eigenvalue weighted by Gasteiger charge is -2.23. The highest BCUT2D eigenvalue weighted by molar-refractivity contribution is 14.1. The van der Waals surface area contributed by atoms with Crippen LogP contribution < -0.4 is 5.63 Å². The highest BCUT2D eigenvalue weighted by Crippen LogP contribution is 2.38. The van der Waals surface area contributed by atoms with Gasteiger partial charge in [0, 0.05) is 34.0 Å². The maximum Gasteiger partial charge on any atom is 0.339 e. The standard InChI is InChI=1S/C27H22FIO4/c1-14-9-23(31)25-21(12-18-7-8-20(29)13-22(18)28)16(3)27(32)33-26(25)24(14)19-6-4-5-17(11-19)10-15(2)30/h4-8,11,13H,9-10,12H2,1-3H3. The molecule has 1 aliphatic rings. The van der Waals surface area contributed by atoms with Crippen molar-refractivity contribution in [2.24, 2.45) is 0 Å². The van der Waals surface area contributed by atoms with E-state index in [-0.39, 0.29) is 36.0 Å². The molecule has 33 heavy (non-hydrogen) atoms. The number of benzene rings is 2. The molecular weight excluding hydrogens is 534 g/mol. The average Bonchev–Trinajstić information content (AvgIpc) is 2.72. The molecule has 0 radical (unpaired) electrons. The van der Waals surface area contributed by atoms with Gasteiger partial charge in [-0.3, -0.25) is 9.59 Å². The molecule has 168 valence electrons. The van der Waals surface area contributed by atoms with Crippen molar-refractivity contribution in [3.8, 4) is 0 Å². The second kappa shape index (κ2) is 9.17. The maximum absolute atomic E-state index is 14.6. The summed E-state index contributed by atoms with van der Waals surface area (Å²) in [5.74, 6) is -0.268. The fraction of sp³-hybridized carbons (Fsp3) is 0.222. The van der Waals surface area contributed by atoms with Gasteiger partial charge in [0.15, 0.2) is 5.78 Å². The number of carbonyl (C=O) groups excluding carboxylic acids is 2. The average molecular weight is 556 g/mol. The number of fused-ring (bicyclic) bond motifs is 1. The van der Waals surface area contributed by atoms with E-state index in [1.54, 1.807) is 19.1 Å². The zero-order chi connectivity index (χ0) is 23.9. The van der Waals surface area contributed by atoms with E-state index in [4.69, 9.17) is 4.42 Å². The van der Waals surface area contributed by atoms with Crippen LogP contribution in [0.15, 0.2) is 57.2 Å². The molecule has 0 aliphatic heterocycles. The van der Waals surface area contributed by atoms with Gasteiger partial charge in [0.25, 0.3) is 0 Å². The molecule has 0 N–H and O–H groups in total. The second-order valence-corrected chi connectivity index (χ2v) is 9.69. The van der Waals surface area contributed by atoms with Gasteiger partial charge in [0.1, 0.15) is 17.4 Å². The number of halogens is 2. The molecule has 0 bridgehead atoms. The van der Waals surface area contributed by atoms with Crippen molar-refractivity contribution < 1.29 is 18.4 Å². The van der Waals surface area contributed by atoms with Gasteiger partial charge in [-0.2, -0.15) is 0 Å². The first-order valence-corrected chi connectivity index (χ1v) is 11.7. The lowest BCUT2D eigenvalue weighted by molar-refractivity contribution is -0.116. The quantitative estimate of drug-likeness (QED) is 0.372. The molecule has 0 spiro atoms. The second-order valence-electron chi connectivity index (χ2n) is 8.44. The summed E-state index contributed by atoms with van der Waals surface area (Å²) in [4.78, 5) is 37.6. The first-order valence-electron chi connectivity index (χ1n) is 10.6. The maximum atomic E-state index is 14.6. The highest BCUT2D eigenvalue weighted by Gasteiger charge is 2.31. The van der Waals surface area contributed by atoms with Crippen LogP contribution in [0.3, 0.4) is 0 Å². The van der Waals surface area contributed by atoms with E-state index in [9.17, 15) is 18.8 Å². The van der Waals surface area contributed by atoms with Crippen LogP contribution in [0, 0.1) is 16.3 Å². The summed E-state index contributed by atoms with van der Waals surface area (Å²) < 4.78 is 21.1. The Kier molecular flexibility index (Phi) is 6.47. The van der Waals surface area contributed by atoms with E-state index in [0.717, 1.165) is 20.3 Å². The third kappa shape index (κ3) is 4.62. The summed E-state index contributed by atoms with van der Waals surface area (Å²) in [6, 6.07) is 12.4. The number of allylic oxidation sites excluding steroid dienone is 1. The number of hydrogen-bond acceptors (Lipinski definition) is 4. The highest BCUT2D eigenvalue weighted by atomic mass is 127. The van der Waals surface area contributed by atoms with Crippen LogP contribution >= 0.6 is 22.6 Å². The summed E-state index contributed by atoms with van der Waals surface area (Å²) >= 11 is 2.04. The van der Waals surface area contributed by atoms with Gasteiger partial charge in [-0.15, -0.1) is 0 Å². The summed E-state index contributed by atoms with van der Waals surface area (Å²) in [7, 11) is 0. The monoisotopic (exact) mass is 556 g/mol. The zero-order valence-corrected chi connectivity index (χ0v) is 20.7. The van der Waals surface area contributed by atoms with Crippen LogP contribution in [-0.2, 0) is 17.6 Å². The van der Waals surface area contributed by atoms with Crippen molar-refractivity contribution in [3.63, 3.8) is 0 Å². The molecular formula is C27H22FIO4. The number of rotatable bonds is 5. The number of hydrogen-bond donors (Lipinski definition) is 0. The van der Waals surface area contributed by atoms with Gasteiger partial charge >= 0.3 is 5.63 Å². The molecule has 0 saturated heterocycles. The van der Waals surface area contributed by atoms with Crippen molar-refractivity contribution in [3.05, 3.63) is 107 Å². The van der Waals surface area contributed by atoms with Crippen molar-refractivity contribution in [2.45, 2.75) is 40.0 Å². The molecule has 1 heterocycles. The Balaban J connectivity index is 1.91. The Hall–Kier alpha value is -2.87. The van der Waals surface area contributed by atoms with E-state index >= 15 is 0 Å². The Bertz CT molecular complexity index is 1400. The minimum atomic E-state index is -0.547. The molecule has 0 amide bonds. The normalized spacial score (nSPS) is 13.3. The van der Waals surface area contributed by atoms with E-state index < -0.39 is 5.63 Å². The number of carbonyl (C=O) groups is 2. The van der Waals surface area contributed by atoms with E-state index in [2.05, 4.69) is 0 Å². The number of Topliss-reactive ketones (excluding diaryl/α,β-unsaturated/α-hetero) is 2. The predicted molar refractivity (Wildman–Crippen MR) is 133 cm³/mol. The molecule has 0 unspecified atom stereocenters. The van der Waals surface area contributed by atoms with Crippen molar-refractivity contribution in [1.82, 2.24) is 0 Å². The number of ketones is 2. The molecule has 0 fully saturated rings. The van der Waals surface area contributed by atoms with Crippen molar-refractivity contribution >= 4 is 39.7 Å². The lowest BCUT2D eigenvalue weighted by atomic mass is 9.81. The Morgan fingerprint density at radius 2 is 1.88 bits per heavy atom. The van der Waals surface area contributed by atoms with Crippen molar-refractivity contribution in [2.75, 3.05) is 0 Å². The Morgan fingerprint density at radius 1 is 1.12 bits per heavy atom. The largest absolute Gasteiger partial charge is 0.422 e. The molecule has 6 heteroatoms. The minimum Gasteiger partial charge on any atom is -0.422 e. The van der Waals surface area contributed by atoms with E-state index in [1.807, 2.05) is 53.8 Å². The van der Waals surface area contributed by atoms with E-state index in [0.29, 0.717) is 34.2 Å². The molecule has 0 atom stereocenters. The molecule has 1 aliphatic carbocycles. The molecule has 0 saturated carbocycles. The van der Waals surface area contributed by atoms with Crippen LogP contribution in [0.4, 0.5) is 4.39 Å². The summed E-state index contributed by atoms with van der Waals surface area (Å²) in [6.45, 7) is 4.98. The molecule has 1 aromatic heterocycles. The first-order chi connectivity index (χ1) is 15.7. The van der Waals surface area contributed by atoms with Gasteiger partial charge in [-0.05, 0) is 77.7 Å². The van der Waals surface area contributed by atoms with Crippen molar-refractivity contribution in [1.29, 1.82) is 0 Å². The van der Waals surface area contributed by atoms with Crippen LogP contribution in [0.2, 0.25) is 0 Å². The van der Waals surface area contributed by atoms with Gasteiger partial charge in [-0.1, -0.05) is 35.9 Å². The summed E-state index contributed by atoms with van der Waals surface area (Å²) in [5, 5.41) is 0. The molecule has 4 nitrogen and oxygen atoms in total. The predicted octanol–water partition coefficient (Wildman–Crippen LogP) is 5.82. The van der Waals surface area contributed by atoms with Crippen LogP contribution in [0.25, 0.3) is 5.57 Å². The third-order valence-corrected chi connectivity index (χ3v) is 6.56. The third-order valence-electron chi connectivity index (χ3n) is 5.89. The molecule has 2 aromatic carbocycles. The van der Waals surface area contributed by atoms with Gasteiger partial charge < -0.3 is 4.42 Å². The van der Waals surface area contributed by atoms with Crippen LogP contribution in [-0.4, -0.2) is 11.6 Å². The Labute approximate surface area is 204 Å². The minimum absolute atomic E-state index is 0.0427. The fourth-order valence-electron chi connectivity index (χ4n) is 4.33.